The first-order valence-electron chi connectivity index (χ1n) is 10.3. The van der Waals surface area contributed by atoms with Crippen molar-refractivity contribution in [3.63, 3.8) is 0 Å². The molecule has 0 bridgehead atoms. The van der Waals surface area contributed by atoms with Crippen molar-refractivity contribution >= 4 is 23.8 Å². The van der Waals surface area contributed by atoms with Crippen molar-refractivity contribution < 1.29 is 14.3 Å². The molecule has 0 aromatic heterocycles. The summed E-state index contributed by atoms with van der Waals surface area (Å²) in [5, 5.41) is 5.54. The molecule has 0 radical (unpaired) electrons. The van der Waals surface area contributed by atoms with Gasteiger partial charge in [-0.25, -0.2) is 4.79 Å². The van der Waals surface area contributed by atoms with E-state index in [4.69, 9.17) is 4.74 Å². The molecule has 3 aromatic rings. The van der Waals surface area contributed by atoms with Crippen LogP contribution in [0.1, 0.15) is 29.5 Å². The summed E-state index contributed by atoms with van der Waals surface area (Å²) in [6.07, 6.45) is 3.22. The molecule has 0 saturated heterocycles. The van der Waals surface area contributed by atoms with Crippen LogP contribution in [0.15, 0.2) is 78.9 Å². The first-order chi connectivity index (χ1) is 15.1. The van der Waals surface area contributed by atoms with Crippen LogP contribution in [0, 0.1) is 0 Å². The topological polar surface area (TPSA) is 67.4 Å². The van der Waals surface area contributed by atoms with Gasteiger partial charge in [-0.2, -0.15) is 0 Å². The van der Waals surface area contributed by atoms with E-state index in [9.17, 15) is 9.59 Å². The summed E-state index contributed by atoms with van der Waals surface area (Å²) in [5.41, 5.74) is 6.37. The van der Waals surface area contributed by atoms with Gasteiger partial charge in [0.05, 0.1) is 0 Å². The van der Waals surface area contributed by atoms with E-state index in [-0.39, 0.29) is 18.4 Å². The molecule has 0 spiro atoms. The normalized spacial score (nSPS) is 12.3. The van der Waals surface area contributed by atoms with E-state index in [0.29, 0.717) is 6.54 Å². The molecular weight excluding hydrogens is 388 g/mol. The number of hydrogen-bond donors (Lipinski definition) is 2. The third kappa shape index (κ3) is 4.67. The van der Waals surface area contributed by atoms with Gasteiger partial charge in [-0.15, -0.1) is 0 Å². The van der Waals surface area contributed by atoms with Gasteiger partial charge in [0.25, 0.3) is 0 Å². The van der Waals surface area contributed by atoms with Crippen LogP contribution in [-0.4, -0.2) is 25.2 Å². The number of carbonyl (C=O) groups is 2. The predicted molar refractivity (Wildman–Crippen MR) is 123 cm³/mol. The molecule has 5 nitrogen and oxygen atoms in total. The molecule has 3 aromatic carbocycles. The van der Waals surface area contributed by atoms with Crippen LogP contribution >= 0.6 is 0 Å². The Bertz CT molecular complexity index is 1090. The van der Waals surface area contributed by atoms with E-state index in [1.807, 2.05) is 60.7 Å². The molecule has 0 saturated carbocycles. The number of rotatable bonds is 6. The van der Waals surface area contributed by atoms with Gasteiger partial charge in [-0.05, 0) is 33.9 Å². The number of carbonyl (C=O) groups excluding carboxylic acids is 2. The van der Waals surface area contributed by atoms with Crippen LogP contribution in [0.5, 0.6) is 0 Å². The summed E-state index contributed by atoms with van der Waals surface area (Å²) >= 11 is 0. The Labute approximate surface area is 181 Å². The average molecular weight is 412 g/mol. The number of para-hydroxylation sites is 1. The number of hydrogen-bond acceptors (Lipinski definition) is 3. The van der Waals surface area contributed by atoms with Crippen LogP contribution < -0.4 is 10.6 Å². The highest BCUT2D eigenvalue weighted by Gasteiger charge is 2.28. The number of anilines is 1. The van der Waals surface area contributed by atoms with Crippen LogP contribution in [0.3, 0.4) is 0 Å². The monoisotopic (exact) mass is 412 g/mol. The second kappa shape index (κ2) is 9.30. The van der Waals surface area contributed by atoms with Gasteiger partial charge < -0.3 is 15.4 Å². The first-order valence-corrected chi connectivity index (χ1v) is 10.3. The van der Waals surface area contributed by atoms with Crippen molar-refractivity contribution in [2.24, 2.45) is 0 Å². The molecule has 0 fully saturated rings. The number of alkyl carbamates (subject to hydrolysis) is 1. The van der Waals surface area contributed by atoms with Crippen LogP contribution in [0.25, 0.3) is 17.2 Å². The minimum absolute atomic E-state index is 0.0400. The molecule has 0 unspecified atom stereocenters. The van der Waals surface area contributed by atoms with Crippen LogP contribution in [0.2, 0.25) is 0 Å². The number of ether oxygens (including phenoxy) is 1. The molecule has 0 atom stereocenters. The maximum atomic E-state index is 12.2. The standard InChI is InChI=1S/C26H24N2O3/c1-18(29)28-25-15-7-2-9-19(25)10-8-16-27-26(30)31-17-24-22-13-5-3-11-20(22)21-12-4-6-14-23(21)24/h2-15,24H,16-17H2,1H3,(H,27,30)(H,28,29). The fourth-order valence-electron chi connectivity index (χ4n) is 3.92. The lowest BCUT2D eigenvalue weighted by Gasteiger charge is -2.14. The molecule has 156 valence electrons. The molecule has 0 aliphatic heterocycles. The molecule has 2 amide bonds. The zero-order valence-electron chi connectivity index (χ0n) is 17.3. The number of fused-ring (bicyclic) bond motifs is 3. The van der Waals surface area contributed by atoms with Crippen molar-refractivity contribution in [3.8, 4) is 11.1 Å². The van der Waals surface area contributed by atoms with Crippen LogP contribution in [-0.2, 0) is 9.53 Å². The van der Waals surface area contributed by atoms with Gasteiger partial charge in [0.2, 0.25) is 5.91 Å². The van der Waals surface area contributed by atoms with E-state index in [1.54, 1.807) is 0 Å². The van der Waals surface area contributed by atoms with Crippen molar-refractivity contribution in [2.45, 2.75) is 12.8 Å². The third-order valence-electron chi connectivity index (χ3n) is 5.28. The van der Waals surface area contributed by atoms with E-state index < -0.39 is 6.09 Å². The Balaban J connectivity index is 1.33. The highest BCUT2D eigenvalue weighted by atomic mass is 16.5. The quantitative estimate of drug-likeness (QED) is 0.585. The zero-order valence-corrected chi connectivity index (χ0v) is 17.3. The fraction of sp³-hybridized carbons (Fsp3) is 0.154. The van der Waals surface area contributed by atoms with Crippen molar-refractivity contribution in [2.75, 3.05) is 18.5 Å². The number of benzene rings is 3. The van der Waals surface area contributed by atoms with Gasteiger partial charge in [-0.3, -0.25) is 4.79 Å². The maximum absolute atomic E-state index is 12.2. The molecule has 1 aliphatic carbocycles. The second-order valence-corrected chi connectivity index (χ2v) is 7.38. The van der Waals surface area contributed by atoms with Crippen molar-refractivity contribution in [1.82, 2.24) is 5.32 Å². The highest BCUT2D eigenvalue weighted by molar-refractivity contribution is 5.91. The lowest BCUT2D eigenvalue weighted by Crippen LogP contribution is -2.26. The Morgan fingerprint density at radius 1 is 0.903 bits per heavy atom. The predicted octanol–water partition coefficient (Wildman–Crippen LogP) is 5.20. The Kier molecular flexibility index (Phi) is 6.13. The van der Waals surface area contributed by atoms with Crippen molar-refractivity contribution in [3.05, 3.63) is 95.6 Å². The first kappa shape index (κ1) is 20.4. The molecular formula is C26H24N2O3. The molecule has 2 N–H and O–H groups in total. The van der Waals surface area contributed by atoms with E-state index in [2.05, 4.69) is 34.9 Å². The number of nitrogens with one attached hydrogen (secondary N) is 2. The number of amides is 2. The largest absolute Gasteiger partial charge is 0.449 e. The minimum atomic E-state index is -0.457. The van der Waals surface area contributed by atoms with E-state index in [1.165, 1.54) is 29.2 Å². The van der Waals surface area contributed by atoms with E-state index >= 15 is 0 Å². The minimum Gasteiger partial charge on any atom is -0.449 e. The average Bonchev–Trinajstić information content (AvgIpc) is 3.10. The van der Waals surface area contributed by atoms with Gasteiger partial charge in [0.1, 0.15) is 6.61 Å². The molecule has 0 heterocycles. The van der Waals surface area contributed by atoms with Gasteiger partial charge in [0.15, 0.2) is 0 Å². The van der Waals surface area contributed by atoms with Crippen molar-refractivity contribution in [1.29, 1.82) is 0 Å². The summed E-state index contributed by atoms with van der Waals surface area (Å²) in [4.78, 5) is 23.5. The fourth-order valence-corrected chi connectivity index (χ4v) is 3.92. The lowest BCUT2D eigenvalue weighted by atomic mass is 9.98. The van der Waals surface area contributed by atoms with Gasteiger partial charge in [-0.1, -0.05) is 78.9 Å². The Hall–Kier alpha value is -3.86. The second-order valence-electron chi connectivity index (χ2n) is 7.38. The molecule has 4 rings (SSSR count). The Morgan fingerprint density at radius 2 is 1.52 bits per heavy atom. The van der Waals surface area contributed by atoms with Crippen LogP contribution in [0.4, 0.5) is 10.5 Å². The van der Waals surface area contributed by atoms with Gasteiger partial charge >= 0.3 is 6.09 Å². The molecule has 5 heteroatoms. The zero-order chi connectivity index (χ0) is 21.6. The maximum Gasteiger partial charge on any atom is 0.407 e. The third-order valence-corrected chi connectivity index (χ3v) is 5.28. The summed E-state index contributed by atoms with van der Waals surface area (Å²) in [7, 11) is 0. The molecule has 31 heavy (non-hydrogen) atoms. The SMILES string of the molecule is CC(=O)Nc1ccccc1C=CCNC(=O)OCC1c2ccccc2-c2ccccc21. The molecule has 1 aliphatic rings. The van der Waals surface area contributed by atoms with Gasteiger partial charge in [0, 0.05) is 25.1 Å². The summed E-state index contributed by atoms with van der Waals surface area (Å²) in [5.74, 6) is -0.0872. The summed E-state index contributed by atoms with van der Waals surface area (Å²) in [6, 6.07) is 24.0. The smallest absolute Gasteiger partial charge is 0.407 e. The Morgan fingerprint density at radius 3 is 2.19 bits per heavy atom. The lowest BCUT2D eigenvalue weighted by molar-refractivity contribution is -0.114. The summed E-state index contributed by atoms with van der Waals surface area (Å²) < 4.78 is 5.53. The highest BCUT2D eigenvalue weighted by Crippen LogP contribution is 2.44. The summed E-state index contributed by atoms with van der Waals surface area (Å²) in [6.45, 7) is 2.08. The van der Waals surface area contributed by atoms with E-state index in [0.717, 1.165) is 11.3 Å².